The van der Waals surface area contributed by atoms with Crippen LogP contribution in [0.1, 0.15) is 35.1 Å². The molecular formula is C29H33N3O2. The predicted molar refractivity (Wildman–Crippen MR) is 138 cm³/mol. The van der Waals surface area contributed by atoms with Gasteiger partial charge in [-0.05, 0) is 81.2 Å². The fourth-order valence-corrected chi connectivity index (χ4v) is 5.42. The number of ether oxygens (including phenoxy) is 1. The highest BCUT2D eigenvalue weighted by molar-refractivity contribution is 6.03. The summed E-state index contributed by atoms with van der Waals surface area (Å²) in [5.41, 5.74) is 6.85. The number of hydrogen-bond donors (Lipinski definition) is 1. The molecule has 1 fully saturated rings. The van der Waals surface area contributed by atoms with Crippen LogP contribution in [-0.2, 0) is 12.0 Å². The van der Waals surface area contributed by atoms with Crippen LogP contribution in [0, 0.1) is 13.8 Å². The Morgan fingerprint density at radius 1 is 0.971 bits per heavy atom. The molecule has 2 amide bonds. The van der Waals surface area contributed by atoms with Crippen molar-refractivity contribution in [3.63, 3.8) is 0 Å². The molecule has 34 heavy (non-hydrogen) atoms. The second-order valence-electron chi connectivity index (χ2n) is 9.81. The van der Waals surface area contributed by atoms with Gasteiger partial charge in [0.15, 0.2) is 0 Å². The fourth-order valence-electron chi connectivity index (χ4n) is 5.42. The van der Waals surface area contributed by atoms with E-state index in [4.69, 9.17) is 4.74 Å². The van der Waals surface area contributed by atoms with Gasteiger partial charge in [0.25, 0.3) is 0 Å². The van der Waals surface area contributed by atoms with Gasteiger partial charge in [-0.25, -0.2) is 4.79 Å². The minimum absolute atomic E-state index is 0.0441. The van der Waals surface area contributed by atoms with Gasteiger partial charge in [-0.15, -0.1) is 0 Å². The standard InChI is InChI=1S/C29H33N3O2/c1-21-7-9-24(10-8-21)30-28(33)32-20-29(26-18-25(34-3)11-12-27(26)32)13-15-31(16-14-29)19-23-6-4-5-22(2)17-23/h4-12,17-18H,13-16,19-20H2,1-3H3,(H,30,33). The molecule has 5 rings (SSSR count). The number of rotatable bonds is 4. The third-order valence-corrected chi connectivity index (χ3v) is 7.38. The first-order valence-corrected chi connectivity index (χ1v) is 12.1. The van der Waals surface area contributed by atoms with Gasteiger partial charge in [0.1, 0.15) is 5.75 Å². The summed E-state index contributed by atoms with van der Waals surface area (Å²) >= 11 is 0. The number of hydrogen-bond acceptors (Lipinski definition) is 3. The SMILES string of the molecule is COc1ccc2c(c1)C1(CCN(Cc3cccc(C)c3)CC1)CN2C(=O)Nc1ccc(C)cc1. The second kappa shape index (κ2) is 9.15. The lowest BCUT2D eigenvalue weighted by Gasteiger charge is -2.40. The number of likely N-dealkylation sites (tertiary alicyclic amines) is 1. The van der Waals surface area contributed by atoms with E-state index < -0.39 is 0 Å². The molecule has 2 aliphatic rings. The number of methoxy groups -OCH3 is 1. The lowest BCUT2D eigenvalue weighted by molar-refractivity contribution is 0.160. The van der Waals surface area contributed by atoms with E-state index in [1.807, 2.05) is 48.2 Å². The van der Waals surface area contributed by atoms with E-state index in [1.165, 1.54) is 22.3 Å². The molecule has 0 unspecified atom stereocenters. The van der Waals surface area contributed by atoms with Crippen molar-refractivity contribution in [2.24, 2.45) is 0 Å². The van der Waals surface area contributed by atoms with E-state index in [0.717, 1.165) is 49.6 Å². The number of urea groups is 1. The maximum Gasteiger partial charge on any atom is 0.326 e. The van der Waals surface area contributed by atoms with E-state index in [1.54, 1.807) is 7.11 Å². The molecule has 0 aromatic heterocycles. The molecule has 176 valence electrons. The maximum absolute atomic E-state index is 13.4. The molecule has 0 bridgehead atoms. The zero-order valence-electron chi connectivity index (χ0n) is 20.3. The van der Waals surface area contributed by atoms with E-state index in [9.17, 15) is 4.79 Å². The molecule has 1 spiro atoms. The summed E-state index contributed by atoms with van der Waals surface area (Å²) in [7, 11) is 1.70. The summed E-state index contributed by atoms with van der Waals surface area (Å²) in [6.45, 7) is 7.89. The monoisotopic (exact) mass is 455 g/mol. The van der Waals surface area contributed by atoms with Crippen LogP contribution in [0.15, 0.2) is 66.7 Å². The van der Waals surface area contributed by atoms with Crippen molar-refractivity contribution in [3.05, 3.63) is 89.0 Å². The molecule has 3 aromatic rings. The largest absolute Gasteiger partial charge is 0.497 e. The van der Waals surface area contributed by atoms with E-state index in [2.05, 4.69) is 47.5 Å². The Labute approximate surface area is 202 Å². The molecule has 5 heteroatoms. The quantitative estimate of drug-likeness (QED) is 0.533. The van der Waals surface area contributed by atoms with E-state index in [-0.39, 0.29) is 11.4 Å². The predicted octanol–water partition coefficient (Wildman–Crippen LogP) is 5.90. The van der Waals surface area contributed by atoms with E-state index >= 15 is 0 Å². The molecule has 0 atom stereocenters. The Morgan fingerprint density at radius 2 is 1.74 bits per heavy atom. The lowest BCUT2D eigenvalue weighted by Crippen LogP contribution is -2.46. The van der Waals surface area contributed by atoms with Crippen LogP contribution in [0.4, 0.5) is 16.2 Å². The number of carbonyl (C=O) groups excluding carboxylic acids is 1. The van der Waals surface area contributed by atoms with Gasteiger partial charge in [-0.1, -0.05) is 47.5 Å². The van der Waals surface area contributed by atoms with Crippen LogP contribution in [0.3, 0.4) is 0 Å². The number of aryl methyl sites for hydroxylation is 2. The van der Waals surface area contributed by atoms with Crippen LogP contribution in [0.2, 0.25) is 0 Å². The normalized spacial score (nSPS) is 17.0. The van der Waals surface area contributed by atoms with Gasteiger partial charge in [0, 0.05) is 29.9 Å². The fraction of sp³-hybridized carbons (Fsp3) is 0.345. The van der Waals surface area contributed by atoms with Crippen molar-refractivity contribution in [2.45, 2.75) is 38.6 Å². The van der Waals surface area contributed by atoms with Crippen LogP contribution >= 0.6 is 0 Å². The Morgan fingerprint density at radius 3 is 2.44 bits per heavy atom. The van der Waals surface area contributed by atoms with Gasteiger partial charge in [-0.2, -0.15) is 0 Å². The number of nitrogens with zero attached hydrogens (tertiary/aromatic N) is 2. The molecule has 0 aliphatic carbocycles. The van der Waals surface area contributed by atoms with Crippen molar-refractivity contribution in [3.8, 4) is 5.75 Å². The molecular weight excluding hydrogens is 422 g/mol. The minimum Gasteiger partial charge on any atom is -0.497 e. The zero-order chi connectivity index (χ0) is 23.7. The second-order valence-corrected chi connectivity index (χ2v) is 9.81. The molecule has 1 saturated heterocycles. The molecule has 2 aliphatic heterocycles. The van der Waals surface area contributed by atoms with Crippen molar-refractivity contribution in [1.82, 2.24) is 4.90 Å². The molecule has 3 aromatic carbocycles. The summed E-state index contributed by atoms with van der Waals surface area (Å²) < 4.78 is 5.56. The molecule has 0 saturated carbocycles. The van der Waals surface area contributed by atoms with E-state index in [0.29, 0.717) is 6.54 Å². The number of anilines is 2. The summed E-state index contributed by atoms with van der Waals surface area (Å²) in [6, 6.07) is 22.8. The number of fused-ring (bicyclic) bond motifs is 2. The van der Waals surface area contributed by atoms with Gasteiger partial charge < -0.3 is 10.1 Å². The first-order chi connectivity index (χ1) is 16.5. The van der Waals surface area contributed by atoms with Crippen LogP contribution < -0.4 is 15.0 Å². The number of amides is 2. The van der Waals surface area contributed by atoms with Crippen molar-refractivity contribution in [2.75, 3.05) is 37.0 Å². The molecule has 1 N–H and O–H groups in total. The first kappa shape index (κ1) is 22.5. The maximum atomic E-state index is 13.4. The highest BCUT2D eigenvalue weighted by Gasteiger charge is 2.46. The Kier molecular flexibility index (Phi) is 6.05. The van der Waals surface area contributed by atoms with Gasteiger partial charge >= 0.3 is 6.03 Å². The summed E-state index contributed by atoms with van der Waals surface area (Å²) in [5, 5.41) is 3.09. The smallest absolute Gasteiger partial charge is 0.326 e. The zero-order valence-corrected chi connectivity index (χ0v) is 20.3. The number of carbonyl (C=O) groups is 1. The highest BCUT2D eigenvalue weighted by Crippen LogP contribution is 2.48. The topological polar surface area (TPSA) is 44.8 Å². The molecule has 5 nitrogen and oxygen atoms in total. The lowest BCUT2D eigenvalue weighted by atomic mass is 9.74. The number of piperidine rings is 1. The molecule has 2 heterocycles. The van der Waals surface area contributed by atoms with Crippen molar-refractivity contribution >= 4 is 17.4 Å². The minimum atomic E-state index is -0.0747. The number of nitrogens with one attached hydrogen (secondary N) is 1. The highest BCUT2D eigenvalue weighted by atomic mass is 16.5. The molecule has 0 radical (unpaired) electrons. The van der Waals surface area contributed by atoms with Crippen LogP contribution in [0.5, 0.6) is 5.75 Å². The van der Waals surface area contributed by atoms with Gasteiger partial charge in [0.05, 0.1) is 7.11 Å². The van der Waals surface area contributed by atoms with Crippen LogP contribution in [-0.4, -0.2) is 37.7 Å². The summed E-state index contributed by atoms with van der Waals surface area (Å²) in [4.78, 5) is 17.8. The van der Waals surface area contributed by atoms with Crippen molar-refractivity contribution < 1.29 is 9.53 Å². The van der Waals surface area contributed by atoms with Crippen molar-refractivity contribution in [1.29, 1.82) is 0 Å². The van der Waals surface area contributed by atoms with Crippen LogP contribution in [0.25, 0.3) is 0 Å². The van der Waals surface area contributed by atoms with Gasteiger partial charge in [-0.3, -0.25) is 9.80 Å². The summed E-state index contributed by atoms with van der Waals surface area (Å²) in [5.74, 6) is 0.848. The Balaban J connectivity index is 1.36. The van der Waals surface area contributed by atoms with Gasteiger partial charge in [0.2, 0.25) is 0 Å². The first-order valence-electron chi connectivity index (χ1n) is 12.1. The Bertz CT molecular complexity index is 1180. The third-order valence-electron chi connectivity index (χ3n) is 7.38. The summed E-state index contributed by atoms with van der Waals surface area (Å²) in [6.07, 6.45) is 2.04. The number of benzene rings is 3. The average molecular weight is 456 g/mol. The Hall–Kier alpha value is -3.31. The third kappa shape index (κ3) is 4.40. The average Bonchev–Trinajstić information content (AvgIpc) is 3.15.